The first-order valence-electron chi connectivity index (χ1n) is 5.70. The minimum absolute atomic E-state index is 0.0541. The Balaban J connectivity index is 2.45. The Morgan fingerprint density at radius 3 is 2.73 bits per heavy atom. The summed E-state index contributed by atoms with van der Waals surface area (Å²) in [6.45, 7) is 5.45. The minimum atomic E-state index is -0.420. The number of nitrogens with zero attached hydrogens (tertiary/aromatic N) is 1. The minimum Gasteiger partial charge on any atom is -0.390 e. The first kappa shape index (κ1) is 12.5. The molecule has 88 valence electrons. The summed E-state index contributed by atoms with van der Waals surface area (Å²) in [6.07, 6.45) is 1.18. The largest absolute Gasteiger partial charge is 0.390 e. The van der Waals surface area contributed by atoms with E-state index in [0.717, 1.165) is 6.42 Å². The van der Waals surface area contributed by atoms with Crippen molar-refractivity contribution in [3.05, 3.63) is 0 Å². The first-order chi connectivity index (χ1) is 7.06. The molecule has 1 aliphatic heterocycles. The molecule has 0 bridgehead atoms. The lowest BCUT2D eigenvalue weighted by Gasteiger charge is -2.27. The predicted octanol–water partition coefficient (Wildman–Crippen LogP) is 0.214. The van der Waals surface area contributed by atoms with Gasteiger partial charge < -0.3 is 15.3 Å². The van der Waals surface area contributed by atoms with Crippen LogP contribution in [0.4, 0.5) is 0 Å². The van der Waals surface area contributed by atoms with Crippen molar-refractivity contribution in [1.29, 1.82) is 0 Å². The van der Waals surface area contributed by atoms with Crippen LogP contribution in [0.1, 0.15) is 26.7 Å². The van der Waals surface area contributed by atoms with Crippen LogP contribution in [0, 0.1) is 5.92 Å². The number of hydrogen-bond donors (Lipinski definition) is 2. The van der Waals surface area contributed by atoms with E-state index in [0.29, 0.717) is 25.4 Å². The Labute approximate surface area is 91.6 Å². The van der Waals surface area contributed by atoms with Gasteiger partial charge in [-0.2, -0.15) is 0 Å². The van der Waals surface area contributed by atoms with Crippen molar-refractivity contribution in [3.8, 4) is 0 Å². The van der Waals surface area contributed by atoms with Crippen molar-refractivity contribution in [2.75, 3.05) is 20.1 Å². The molecule has 0 aromatic heterocycles. The van der Waals surface area contributed by atoms with E-state index >= 15 is 0 Å². The molecule has 0 radical (unpaired) electrons. The maximum absolute atomic E-state index is 11.8. The van der Waals surface area contributed by atoms with Gasteiger partial charge in [0.2, 0.25) is 5.91 Å². The molecule has 0 aromatic rings. The lowest BCUT2D eigenvalue weighted by molar-refractivity contribution is -0.134. The number of amides is 1. The van der Waals surface area contributed by atoms with Gasteiger partial charge in [0.05, 0.1) is 12.1 Å². The van der Waals surface area contributed by atoms with Gasteiger partial charge in [0, 0.05) is 26.6 Å². The molecule has 4 nitrogen and oxygen atoms in total. The zero-order valence-corrected chi connectivity index (χ0v) is 9.86. The van der Waals surface area contributed by atoms with E-state index in [1.807, 2.05) is 0 Å². The van der Waals surface area contributed by atoms with Gasteiger partial charge >= 0.3 is 0 Å². The maximum Gasteiger partial charge on any atom is 0.222 e. The number of aliphatic hydroxyl groups is 1. The van der Waals surface area contributed by atoms with Crippen LogP contribution >= 0.6 is 0 Å². The number of aliphatic hydroxyl groups excluding tert-OH is 1. The second-order valence-electron chi connectivity index (χ2n) is 4.52. The van der Waals surface area contributed by atoms with Crippen molar-refractivity contribution in [2.45, 2.75) is 38.8 Å². The third-order valence-corrected chi connectivity index (χ3v) is 3.26. The Kier molecular flexibility index (Phi) is 4.54. The fraction of sp³-hybridized carbons (Fsp3) is 0.909. The van der Waals surface area contributed by atoms with Gasteiger partial charge in [0.15, 0.2) is 0 Å². The summed E-state index contributed by atoms with van der Waals surface area (Å²) in [5.74, 6) is 0.559. The third kappa shape index (κ3) is 3.18. The maximum atomic E-state index is 11.8. The number of carbonyl (C=O) groups is 1. The summed E-state index contributed by atoms with van der Waals surface area (Å²) in [6, 6.07) is -0.0541. The SMILES string of the molecule is CCC(C)CC(=O)N(C)[C@@H]1CNC[C@H]1O. The molecule has 1 unspecified atom stereocenters. The van der Waals surface area contributed by atoms with E-state index < -0.39 is 6.10 Å². The molecule has 0 saturated carbocycles. The molecule has 2 N–H and O–H groups in total. The lowest BCUT2D eigenvalue weighted by Crippen LogP contribution is -2.44. The standard InChI is InChI=1S/C11H22N2O2/c1-4-8(2)5-11(15)13(3)9-6-12-7-10(9)14/h8-10,12,14H,4-7H2,1-3H3/t8?,9-,10-/m1/s1. The second-order valence-corrected chi connectivity index (χ2v) is 4.52. The van der Waals surface area contributed by atoms with Gasteiger partial charge in [-0.1, -0.05) is 20.3 Å². The topological polar surface area (TPSA) is 52.6 Å². The summed E-state index contributed by atoms with van der Waals surface area (Å²) in [5, 5.41) is 12.7. The second kappa shape index (κ2) is 5.47. The highest BCUT2D eigenvalue weighted by Crippen LogP contribution is 2.13. The van der Waals surface area contributed by atoms with Gasteiger partial charge in [0.1, 0.15) is 0 Å². The quantitative estimate of drug-likeness (QED) is 0.703. The summed E-state index contributed by atoms with van der Waals surface area (Å²) in [7, 11) is 1.78. The monoisotopic (exact) mass is 214 g/mol. The highest BCUT2D eigenvalue weighted by Gasteiger charge is 2.31. The Bertz CT molecular complexity index is 221. The molecule has 1 aliphatic rings. The van der Waals surface area contributed by atoms with Crippen molar-refractivity contribution < 1.29 is 9.90 Å². The smallest absolute Gasteiger partial charge is 0.222 e. The van der Waals surface area contributed by atoms with Crippen LogP contribution in [-0.2, 0) is 4.79 Å². The molecular formula is C11H22N2O2. The molecular weight excluding hydrogens is 192 g/mol. The average Bonchev–Trinajstić information content (AvgIpc) is 2.63. The Morgan fingerprint density at radius 1 is 1.60 bits per heavy atom. The number of β-amino-alcohol motifs (C(OH)–C–C–N with tert-alkyl or cyclic N) is 1. The van der Waals surface area contributed by atoms with Crippen LogP contribution in [0.2, 0.25) is 0 Å². The van der Waals surface area contributed by atoms with E-state index in [1.165, 1.54) is 0 Å². The average molecular weight is 214 g/mol. The van der Waals surface area contributed by atoms with Crippen LogP contribution in [0.25, 0.3) is 0 Å². The molecule has 0 aromatic carbocycles. The molecule has 1 fully saturated rings. The zero-order valence-electron chi connectivity index (χ0n) is 9.86. The summed E-state index contributed by atoms with van der Waals surface area (Å²) >= 11 is 0. The Morgan fingerprint density at radius 2 is 2.27 bits per heavy atom. The van der Waals surface area contributed by atoms with E-state index in [1.54, 1.807) is 11.9 Å². The van der Waals surface area contributed by atoms with E-state index in [9.17, 15) is 9.90 Å². The third-order valence-electron chi connectivity index (χ3n) is 3.26. The number of nitrogens with one attached hydrogen (secondary N) is 1. The summed E-state index contributed by atoms with van der Waals surface area (Å²) in [4.78, 5) is 13.5. The molecule has 1 amide bonds. The summed E-state index contributed by atoms with van der Waals surface area (Å²) < 4.78 is 0. The van der Waals surface area contributed by atoms with Crippen LogP contribution in [-0.4, -0.2) is 48.2 Å². The molecule has 1 saturated heterocycles. The fourth-order valence-electron chi connectivity index (χ4n) is 1.82. The normalized spacial score (nSPS) is 27.7. The number of likely N-dealkylation sites (N-methyl/N-ethyl adjacent to an activating group) is 1. The predicted molar refractivity (Wildman–Crippen MR) is 59.5 cm³/mol. The number of carbonyl (C=O) groups excluding carboxylic acids is 1. The van der Waals surface area contributed by atoms with Gasteiger partial charge in [-0.3, -0.25) is 4.79 Å². The number of rotatable bonds is 4. The molecule has 15 heavy (non-hydrogen) atoms. The molecule has 1 rings (SSSR count). The molecule has 3 atom stereocenters. The van der Waals surface area contributed by atoms with Gasteiger partial charge in [-0.15, -0.1) is 0 Å². The van der Waals surface area contributed by atoms with Gasteiger partial charge in [-0.05, 0) is 5.92 Å². The van der Waals surface area contributed by atoms with Crippen LogP contribution in [0.5, 0.6) is 0 Å². The lowest BCUT2D eigenvalue weighted by atomic mass is 10.0. The number of hydrogen-bond acceptors (Lipinski definition) is 3. The van der Waals surface area contributed by atoms with Gasteiger partial charge in [-0.25, -0.2) is 0 Å². The van der Waals surface area contributed by atoms with Crippen LogP contribution < -0.4 is 5.32 Å². The Hall–Kier alpha value is -0.610. The molecule has 4 heteroatoms. The van der Waals surface area contributed by atoms with Crippen molar-refractivity contribution in [2.24, 2.45) is 5.92 Å². The van der Waals surface area contributed by atoms with E-state index in [4.69, 9.17) is 0 Å². The fourth-order valence-corrected chi connectivity index (χ4v) is 1.82. The highest BCUT2D eigenvalue weighted by atomic mass is 16.3. The summed E-state index contributed by atoms with van der Waals surface area (Å²) in [5.41, 5.74) is 0. The van der Waals surface area contributed by atoms with Gasteiger partial charge in [0.25, 0.3) is 0 Å². The van der Waals surface area contributed by atoms with Crippen LogP contribution in [0.15, 0.2) is 0 Å². The van der Waals surface area contributed by atoms with Crippen LogP contribution in [0.3, 0.4) is 0 Å². The van der Waals surface area contributed by atoms with Crippen molar-refractivity contribution in [1.82, 2.24) is 10.2 Å². The zero-order chi connectivity index (χ0) is 11.4. The van der Waals surface area contributed by atoms with Crippen molar-refractivity contribution in [3.63, 3.8) is 0 Å². The van der Waals surface area contributed by atoms with E-state index in [2.05, 4.69) is 19.2 Å². The van der Waals surface area contributed by atoms with E-state index in [-0.39, 0.29) is 11.9 Å². The molecule has 1 heterocycles. The van der Waals surface area contributed by atoms with Crippen molar-refractivity contribution >= 4 is 5.91 Å². The highest BCUT2D eigenvalue weighted by molar-refractivity contribution is 5.76. The first-order valence-corrected chi connectivity index (χ1v) is 5.70. The molecule has 0 aliphatic carbocycles. The molecule has 0 spiro atoms.